The topological polar surface area (TPSA) is 64.4 Å². The molecule has 0 bridgehead atoms. The molecule has 7 heteroatoms. The lowest BCUT2D eigenvalue weighted by Gasteiger charge is -2.07. The van der Waals surface area contributed by atoms with Crippen LogP contribution >= 0.6 is 0 Å². The zero-order valence-electron chi connectivity index (χ0n) is 9.93. The Labute approximate surface area is 107 Å². The summed E-state index contributed by atoms with van der Waals surface area (Å²) in [4.78, 5) is 10.7. The van der Waals surface area contributed by atoms with Crippen molar-refractivity contribution in [3.63, 3.8) is 0 Å². The molecular formula is C12H10F2N2O3. The highest BCUT2D eigenvalue weighted by atomic mass is 19.1. The molecule has 2 aromatic rings. The van der Waals surface area contributed by atoms with Gasteiger partial charge >= 0.3 is 5.97 Å². The van der Waals surface area contributed by atoms with Gasteiger partial charge in [0, 0.05) is 13.1 Å². The van der Waals surface area contributed by atoms with E-state index < -0.39 is 17.6 Å². The average Bonchev–Trinajstić information content (AvgIpc) is 2.70. The zero-order valence-corrected chi connectivity index (χ0v) is 9.93. The predicted molar refractivity (Wildman–Crippen MR) is 60.9 cm³/mol. The van der Waals surface area contributed by atoms with Crippen molar-refractivity contribution < 1.29 is 23.4 Å². The molecule has 5 nitrogen and oxygen atoms in total. The standard InChI is InChI=1S/C12H10F2N2O3/c1-16-8(5-10(15-16)12(17)18)6-19-11-3-2-7(13)4-9(11)14/h2-5H,6H2,1H3,(H,17,18). The summed E-state index contributed by atoms with van der Waals surface area (Å²) in [7, 11) is 1.55. The van der Waals surface area contributed by atoms with Crippen LogP contribution in [-0.4, -0.2) is 20.9 Å². The molecule has 0 aliphatic heterocycles. The van der Waals surface area contributed by atoms with Gasteiger partial charge < -0.3 is 9.84 Å². The Bertz CT molecular complexity index is 625. The van der Waals surface area contributed by atoms with Crippen molar-refractivity contribution in [2.45, 2.75) is 6.61 Å². The number of nitrogens with zero attached hydrogens (tertiary/aromatic N) is 2. The lowest BCUT2D eigenvalue weighted by Crippen LogP contribution is -2.04. The van der Waals surface area contributed by atoms with Gasteiger partial charge in [0.25, 0.3) is 0 Å². The fourth-order valence-corrected chi connectivity index (χ4v) is 1.49. The molecule has 1 N–H and O–H groups in total. The molecule has 1 aromatic heterocycles. The fourth-order valence-electron chi connectivity index (χ4n) is 1.49. The third-order valence-electron chi connectivity index (χ3n) is 2.47. The van der Waals surface area contributed by atoms with Gasteiger partial charge in [0.05, 0.1) is 5.69 Å². The van der Waals surface area contributed by atoms with Crippen molar-refractivity contribution in [1.82, 2.24) is 9.78 Å². The van der Waals surface area contributed by atoms with Crippen molar-refractivity contribution in [2.24, 2.45) is 7.05 Å². The third kappa shape index (κ3) is 2.87. The number of aromatic nitrogens is 2. The minimum absolute atomic E-state index is 0.0701. The normalized spacial score (nSPS) is 10.5. The molecule has 19 heavy (non-hydrogen) atoms. The van der Waals surface area contributed by atoms with Crippen molar-refractivity contribution in [1.29, 1.82) is 0 Å². The van der Waals surface area contributed by atoms with Gasteiger partial charge in [-0.25, -0.2) is 13.6 Å². The molecule has 0 radical (unpaired) electrons. The molecule has 100 valence electrons. The number of halogens is 2. The first-order chi connectivity index (χ1) is 8.97. The van der Waals surface area contributed by atoms with Gasteiger partial charge in [-0.3, -0.25) is 4.68 Å². The first kappa shape index (κ1) is 13.0. The quantitative estimate of drug-likeness (QED) is 0.920. The molecule has 1 aromatic carbocycles. The van der Waals surface area contributed by atoms with Crippen molar-refractivity contribution in [2.75, 3.05) is 0 Å². The number of aromatic carboxylic acids is 1. The van der Waals surface area contributed by atoms with Crippen molar-refractivity contribution in [3.8, 4) is 5.75 Å². The summed E-state index contributed by atoms with van der Waals surface area (Å²) < 4.78 is 32.5. The first-order valence-corrected chi connectivity index (χ1v) is 5.31. The molecule has 0 spiro atoms. The molecule has 0 amide bonds. The van der Waals surface area contributed by atoms with Crippen molar-refractivity contribution in [3.05, 3.63) is 47.3 Å². The molecule has 0 unspecified atom stereocenters. The number of hydrogen-bond acceptors (Lipinski definition) is 3. The number of carbonyl (C=O) groups is 1. The highest BCUT2D eigenvalue weighted by molar-refractivity contribution is 5.85. The Hall–Kier alpha value is -2.44. The van der Waals surface area contributed by atoms with Crippen LogP contribution < -0.4 is 4.74 Å². The molecule has 0 aliphatic carbocycles. The van der Waals surface area contributed by atoms with Gasteiger partial charge in [-0.15, -0.1) is 0 Å². The van der Waals surface area contributed by atoms with E-state index in [2.05, 4.69) is 5.10 Å². The van der Waals surface area contributed by atoms with E-state index in [1.54, 1.807) is 7.05 Å². The summed E-state index contributed by atoms with van der Waals surface area (Å²) in [5.74, 6) is -2.78. The largest absolute Gasteiger partial charge is 0.484 e. The number of ether oxygens (including phenoxy) is 1. The molecule has 0 atom stereocenters. The van der Waals surface area contributed by atoms with E-state index in [-0.39, 0.29) is 18.1 Å². The summed E-state index contributed by atoms with van der Waals surface area (Å²) in [6.07, 6.45) is 0. The Morgan fingerprint density at radius 1 is 1.42 bits per heavy atom. The van der Waals surface area contributed by atoms with E-state index in [1.165, 1.54) is 16.8 Å². The summed E-state index contributed by atoms with van der Waals surface area (Å²) in [6, 6.07) is 4.27. The summed E-state index contributed by atoms with van der Waals surface area (Å²) in [5.41, 5.74) is 0.335. The Kier molecular flexibility index (Phi) is 3.46. The Balaban J connectivity index is 2.12. The van der Waals surface area contributed by atoms with Crippen LogP contribution in [0.5, 0.6) is 5.75 Å². The minimum Gasteiger partial charge on any atom is -0.484 e. The molecule has 0 saturated carbocycles. The maximum absolute atomic E-state index is 13.3. The zero-order chi connectivity index (χ0) is 14.0. The smallest absolute Gasteiger partial charge is 0.356 e. The van der Waals surface area contributed by atoms with Gasteiger partial charge in [-0.1, -0.05) is 0 Å². The predicted octanol–water partition coefficient (Wildman–Crippen LogP) is 1.98. The van der Waals surface area contributed by atoms with E-state index >= 15 is 0 Å². The van der Waals surface area contributed by atoms with Gasteiger partial charge in [0.2, 0.25) is 0 Å². The maximum atomic E-state index is 13.3. The Morgan fingerprint density at radius 2 is 2.16 bits per heavy atom. The van der Waals surface area contributed by atoms with Crippen LogP contribution in [0.2, 0.25) is 0 Å². The van der Waals surface area contributed by atoms with Gasteiger partial charge in [0.1, 0.15) is 12.4 Å². The summed E-state index contributed by atoms with van der Waals surface area (Å²) in [6.45, 7) is -0.0701. The van der Waals surface area contributed by atoms with Crippen LogP contribution in [0.1, 0.15) is 16.2 Å². The molecular weight excluding hydrogens is 258 g/mol. The monoisotopic (exact) mass is 268 g/mol. The van der Waals surface area contributed by atoms with Crippen LogP contribution in [-0.2, 0) is 13.7 Å². The average molecular weight is 268 g/mol. The third-order valence-corrected chi connectivity index (χ3v) is 2.47. The molecule has 1 heterocycles. The second kappa shape index (κ2) is 5.05. The maximum Gasteiger partial charge on any atom is 0.356 e. The van der Waals surface area contributed by atoms with Crippen LogP contribution in [0.15, 0.2) is 24.3 Å². The van der Waals surface area contributed by atoms with Crippen LogP contribution in [0.25, 0.3) is 0 Å². The van der Waals surface area contributed by atoms with Crippen molar-refractivity contribution >= 4 is 5.97 Å². The molecule has 0 fully saturated rings. The SMILES string of the molecule is Cn1nc(C(=O)O)cc1COc1ccc(F)cc1F. The van der Waals surface area contributed by atoms with Gasteiger partial charge in [-0.2, -0.15) is 5.10 Å². The molecule has 0 aliphatic rings. The number of carboxylic acids is 1. The number of carboxylic acid groups (broad SMARTS) is 1. The lowest BCUT2D eigenvalue weighted by atomic mass is 10.3. The van der Waals surface area contributed by atoms with E-state index in [0.717, 1.165) is 6.07 Å². The minimum atomic E-state index is -1.16. The second-order valence-electron chi connectivity index (χ2n) is 3.81. The van der Waals surface area contributed by atoms with E-state index in [9.17, 15) is 13.6 Å². The van der Waals surface area contributed by atoms with Gasteiger partial charge in [-0.05, 0) is 18.2 Å². The highest BCUT2D eigenvalue weighted by Crippen LogP contribution is 2.19. The number of rotatable bonds is 4. The second-order valence-corrected chi connectivity index (χ2v) is 3.81. The van der Waals surface area contributed by atoms with Gasteiger partial charge in [0.15, 0.2) is 17.3 Å². The summed E-state index contributed by atoms with van der Waals surface area (Å²) >= 11 is 0. The summed E-state index contributed by atoms with van der Waals surface area (Å²) in [5, 5.41) is 12.5. The van der Waals surface area contributed by atoms with Crippen LogP contribution in [0, 0.1) is 11.6 Å². The first-order valence-electron chi connectivity index (χ1n) is 5.31. The Morgan fingerprint density at radius 3 is 2.74 bits per heavy atom. The van der Waals surface area contributed by atoms with E-state index in [0.29, 0.717) is 11.8 Å². The fraction of sp³-hybridized carbons (Fsp3) is 0.167. The van der Waals surface area contributed by atoms with Crippen LogP contribution in [0.4, 0.5) is 8.78 Å². The lowest BCUT2D eigenvalue weighted by molar-refractivity contribution is 0.0689. The molecule has 0 saturated heterocycles. The van der Waals surface area contributed by atoms with Crippen LogP contribution in [0.3, 0.4) is 0 Å². The molecule has 2 rings (SSSR count). The number of hydrogen-bond donors (Lipinski definition) is 1. The number of benzene rings is 1. The van der Waals surface area contributed by atoms with E-state index in [1.807, 2.05) is 0 Å². The number of aryl methyl sites for hydroxylation is 1. The van der Waals surface area contributed by atoms with E-state index in [4.69, 9.17) is 9.84 Å². The highest BCUT2D eigenvalue weighted by Gasteiger charge is 2.12.